The summed E-state index contributed by atoms with van der Waals surface area (Å²) in [6.07, 6.45) is -0.0757. The molecule has 0 radical (unpaired) electrons. The molecule has 0 saturated carbocycles. The predicted molar refractivity (Wildman–Crippen MR) is 128 cm³/mol. The van der Waals surface area contributed by atoms with Gasteiger partial charge in [-0.1, -0.05) is 55.5 Å². The number of hydrogen-bond acceptors (Lipinski definition) is 5. The average molecular weight is 479 g/mol. The number of carboxylic acids is 1. The normalized spacial score (nSPS) is 22.1. The van der Waals surface area contributed by atoms with Crippen LogP contribution in [-0.4, -0.2) is 66.9 Å². The lowest BCUT2D eigenvalue weighted by atomic mass is 9.77. The molecule has 5 rings (SSSR count). The minimum atomic E-state index is -0.870. The van der Waals surface area contributed by atoms with E-state index in [0.717, 1.165) is 11.1 Å². The van der Waals surface area contributed by atoms with Gasteiger partial charge < -0.3 is 24.8 Å². The van der Waals surface area contributed by atoms with Crippen LogP contribution in [0.15, 0.2) is 48.5 Å². The molecule has 8 nitrogen and oxygen atoms in total. The van der Waals surface area contributed by atoms with Gasteiger partial charge in [-0.25, -0.2) is 4.79 Å². The third-order valence-corrected chi connectivity index (χ3v) is 7.74. The second kappa shape index (κ2) is 9.34. The number of ether oxygens (including phenoxy) is 2. The Kier molecular flexibility index (Phi) is 6.23. The number of fused-ring (bicyclic) bond motifs is 3. The van der Waals surface area contributed by atoms with E-state index < -0.39 is 23.6 Å². The highest BCUT2D eigenvalue weighted by Crippen LogP contribution is 2.44. The second-order valence-electron chi connectivity index (χ2n) is 9.68. The summed E-state index contributed by atoms with van der Waals surface area (Å²) in [5, 5.41) is 12.2. The zero-order chi connectivity index (χ0) is 24.6. The van der Waals surface area contributed by atoms with Crippen molar-refractivity contribution in [2.75, 3.05) is 32.8 Å². The molecule has 3 aliphatic rings. The first-order chi connectivity index (χ1) is 16.9. The molecular formula is C27H30N2O6. The zero-order valence-electron chi connectivity index (χ0n) is 19.7. The first-order valence-electron chi connectivity index (χ1n) is 12.2. The van der Waals surface area contributed by atoms with Crippen LogP contribution in [0.5, 0.6) is 0 Å². The van der Waals surface area contributed by atoms with Gasteiger partial charge >= 0.3 is 12.1 Å². The third kappa shape index (κ3) is 4.16. The smallest absolute Gasteiger partial charge is 0.407 e. The van der Waals surface area contributed by atoms with Crippen LogP contribution in [0.3, 0.4) is 0 Å². The Morgan fingerprint density at radius 2 is 1.71 bits per heavy atom. The lowest BCUT2D eigenvalue weighted by molar-refractivity contribution is -0.171. The standard InChI is InChI=1S/C27H30N2O6/c1-2-27(25(31)32)15-29(16-27)24(30)23-17(11-12-34-23)13-28-26(33)35-14-22-20-9-5-3-7-18(20)19-8-4-6-10-21(19)22/h3-10,17,22-23H,2,11-16H2,1H3,(H,28,33)(H,31,32)/t17-,23-/m0/s1. The van der Waals surface area contributed by atoms with Gasteiger partial charge in [0.25, 0.3) is 5.91 Å². The fraction of sp³-hybridized carbons (Fsp3) is 0.444. The van der Waals surface area contributed by atoms with E-state index in [4.69, 9.17) is 9.47 Å². The van der Waals surface area contributed by atoms with Gasteiger partial charge in [-0.3, -0.25) is 9.59 Å². The molecule has 35 heavy (non-hydrogen) atoms. The minimum absolute atomic E-state index is 0.0169. The zero-order valence-corrected chi connectivity index (χ0v) is 19.7. The Bertz CT molecular complexity index is 1100. The molecule has 2 fully saturated rings. The molecule has 0 aromatic heterocycles. The van der Waals surface area contributed by atoms with E-state index >= 15 is 0 Å². The SMILES string of the molecule is CCC1(C(=O)O)CN(C(=O)[C@H]2OCC[C@H]2CNC(=O)OCC2c3ccccc3-c3ccccc32)C1. The Labute approximate surface area is 204 Å². The van der Waals surface area contributed by atoms with Gasteiger partial charge in [-0.2, -0.15) is 0 Å². The molecule has 2 N–H and O–H groups in total. The summed E-state index contributed by atoms with van der Waals surface area (Å²) in [5.74, 6) is -1.27. The number of carbonyl (C=O) groups is 3. The number of rotatable bonds is 7. The number of amides is 2. The number of carbonyl (C=O) groups excluding carboxylic acids is 2. The fourth-order valence-electron chi connectivity index (χ4n) is 5.51. The molecule has 0 unspecified atom stereocenters. The number of nitrogens with one attached hydrogen (secondary N) is 1. The van der Waals surface area contributed by atoms with E-state index in [2.05, 4.69) is 29.6 Å². The summed E-state index contributed by atoms with van der Waals surface area (Å²) >= 11 is 0. The Balaban J connectivity index is 1.14. The van der Waals surface area contributed by atoms with Crippen molar-refractivity contribution in [3.8, 4) is 11.1 Å². The van der Waals surface area contributed by atoms with Crippen LogP contribution in [0.1, 0.15) is 36.8 Å². The summed E-state index contributed by atoms with van der Waals surface area (Å²) in [6.45, 7) is 3.14. The second-order valence-corrected chi connectivity index (χ2v) is 9.68. The monoisotopic (exact) mass is 478 g/mol. The van der Waals surface area contributed by atoms with Gasteiger partial charge in [0, 0.05) is 38.1 Å². The number of alkyl carbamates (subject to hydrolysis) is 1. The maximum atomic E-state index is 12.9. The highest BCUT2D eigenvalue weighted by Gasteiger charge is 2.52. The molecule has 2 atom stereocenters. The molecule has 1 aliphatic carbocycles. The van der Waals surface area contributed by atoms with Crippen LogP contribution >= 0.6 is 0 Å². The van der Waals surface area contributed by atoms with Crippen molar-refractivity contribution in [2.45, 2.75) is 31.8 Å². The largest absolute Gasteiger partial charge is 0.481 e. The minimum Gasteiger partial charge on any atom is -0.481 e. The number of nitrogens with zero attached hydrogens (tertiary/aromatic N) is 1. The molecule has 0 spiro atoms. The number of aliphatic carboxylic acids is 1. The highest BCUT2D eigenvalue weighted by atomic mass is 16.5. The van der Waals surface area contributed by atoms with Crippen LogP contribution in [0.2, 0.25) is 0 Å². The van der Waals surface area contributed by atoms with Crippen LogP contribution in [0.4, 0.5) is 4.79 Å². The number of likely N-dealkylation sites (tertiary alicyclic amines) is 1. The summed E-state index contributed by atoms with van der Waals surface area (Å²) in [5.41, 5.74) is 3.78. The highest BCUT2D eigenvalue weighted by molar-refractivity contribution is 5.86. The van der Waals surface area contributed by atoms with Gasteiger partial charge in [0.1, 0.15) is 18.1 Å². The summed E-state index contributed by atoms with van der Waals surface area (Å²) in [4.78, 5) is 38.5. The molecule has 0 bridgehead atoms. The molecule has 184 valence electrons. The fourth-order valence-corrected chi connectivity index (χ4v) is 5.51. The van der Waals surface area contributed by atoms with Crippen molar-refractivity contribution in [2.24, 2.45) is 11.3 Å². The molecular weight excluding hydrogens is 448 g/mol. The molecule has 2 aliphatic heterocycles. The van der Waals surface area contributed by atoms with Gasteiger partial charge in [0.05, 0.1) is 0 Å². The molecule has 2 amide bonds. The predicted octanol–water partition coefficient (Wildman–Crippen LogP) is 3.25. The number of benzene rings is 2. The molecule has 2 aromatic rings. The number of carboxylic acid groups (broad SMARTS) is 1. The first kappa shape index (κ1) is 23.4. The van der Waals surface area contributed by atoms with Crippen molar-refractivity contribution in [3.05, 3.63) is 59.7 Å². The molecule has 2 aromatic carbocycles. The number of hydrogen-bond donors (Lipinski definition) is 2. The van der Waals surface area contributed by atoms with E-state index in [1.807, 2.05) is 31.2 Å². The quantitative estimate of drug-likeness (QED) is 0.633. The van der Waals surface area contributed by atoms with Gasteiger partial charge in [0.2, 0.25) is 0 Å². The Morgan fingerprint density at radius 1 is 1.09 bits per heavy atom. The first-order valence-corrected chi connectivity index (χ1v) is 12.2. The van der Waals surface area contributed by atoms with Crippen LogP contribution in [-0.2, 0) is 19.1 Å². The summed E-state index contributed by atoms with van der Waals surface area (Å²) in [6, 6.07) is 16.3. The topological polar surface area (TPSA) is 105 Å². The maximum absolute atomic E-state index is 12.9. The van der Waals surface area contributed by atoms with Crippen molar-refractivity contribution >= 4 is 18.0 Å². The van der Waals surface area contributed by atoms with E-state index in [0.29, 0.717) is 19.4 Å². The Morgan fingerprint density at radius 3 is 2.31 bits per heavy atom. The van der Waals surface area contributed by atoms with Crippen LogP contribution in [0.25, 0.3) is 11.1 Å². The molecule has 2 heterocycles. The van der Waals surface area contributed by atoms with Gasteiger partial charge in [-0.05, 0) is 35.1 Å². The summed E-state index contributed by atoms with van der Waals surface area (Å²) in [7, 11) is 0. The van der Waals surface area contributed by atoms with Crippen molar-refractivity contribution in [3.63, 3.8) is 0 Å². The molecule has 8 heteroatoms. The third-order valence-electron chi connectivity index (χ3n) is 7.74. The van der Waals surface area contributed by atoms with E-state index in [1.54, 1.807) is 4.90 Å². The Hall–Kier alpha value is -3.39. The molecule has 2 saturated heterocycles. The van der Waals surface area contributed by atoms with Crippen molar-refractivity contribution in [1.82, 2.24) is 10.2 Å². The van der Waals surface area contributed by atoms with Crippen molar-refractivity contribution < 1.29 is 29.0 Å². The lowest BCUT2D eigenvalue weighted by Crippen LogP contribution is -2.64. The summed E-state index contributed by atoms with van der Waals surface area (Å²) < 4.78 is 11.3. The lowest BCUT2D eigenvalue weighted by Gasteiger charge is -2.47. The van der Waals surface area contributed by atoms with Crippen molar-refractivity contribution in [1.29, 1.82) is 0 Å². The maximum Gasteiger partial charge on any atom is 0.407 e. The van der Waals surface area contributed by atoms with Crippen LogP contribution < -0.4 is 5.32 Å². The van der Waals surface area contributed by atoms with Crippen LogP contribution in [0, 0.1) is 11.3 Å². The van der Waals surface area contributed by atoms with E-state index in [-0.39, 0.29) is 44.0 Å². The average Bonchev–Trinajstić information content (AvgIpc) is 3.43. The van der Waals surface area contributed by atoms with E-state index in [1.165, 1.54) is 11.1 Å². The van der Waals surface area contributed by atoms with Gasteiger partial charge in [0.15, 0.2) is 0 Å². The van der Waals surface area contributed by atoms with E-state index in [9.17, 15) is 19.5 Å². The van der Waals surface area contributed by atoms with Gasteiger partial charge in [-0.15, -0.1) is 0 Å².